The Morgan fingerprint density at radius 3 is 2.57 bits per heavy atom. The highest BCUT2D eigenvalue weighted by molar-refractivity contribution is 7.14. The summed E-state index contributed by atoms with van der Waals surface area (Å²) in [6.45, 7) is 6.67. The minimum absolute atomic E-state index is 0.643. The number of methoxy groups -OCH3 is 2. The molecule has 0 aliphatic heterocycles. The molecule has 4 aromatic rings. The molecule has 0 saturated carbocycles. The number of benzene rings is 1. The van der Waals surface area contributed by atoms with Gasteiger partial charge in [-0.15, -0.1) is 11.3 Å². The number of thiazole rings is 1. The second-order valence-corrected chi connectivity index (χ2v) is 7.85. The van der Waals surface area contributed by atoms with Crippen LogP contribution in [0.3, 0.4) is 0 Å². The lowest BCUT2D eigenvalue weighted by Crippen LogP contribution is -2.00. The van der Waals surface area contributed by atoms with Crippen LogP contribution in [-0.2, 0) is 6.54 Å². The molecular formula is C22H24N4O3S. The van der Waals surface area contributed by atoms with Gasteiger partial charge < -0.3 is 19.3 Å². The fraction of sp³-hybridized carbons (Fsp3) is 0.273. The van der Waals surface area contributed by atoms with E-state index in [9.17, 15) is 0 Å². The van der Waals surface area contributed by atoms with E-state index in [4.69, 9.17) is 19.0 Å². The van der Waals surface area contributed by atoms with E-state index in [0.717, 1.165) is 50.7 Å². The summed E-state index contributed by atoms with van der Waals surface area (Å²) < 4.78 is 18.0. The summed E-state index contributed by atoms with van der Waals surface area (Å²) in [6.07, 6.45) is 0. The summed E-state index contributed by atoms with van der Waals surface area (Å²) in [6, 6.07) is 9.95. The van der Waals surface area contributed by atoms with Crippen LogP contribution in [0, 0.1) is 20.8 Å². The molecule has 0 spiro atoms. The van der Waals surface area contributed by atoms with Gasteiger partial charge in [0.1, 0.15) is 5.76 Å². The highest BCUT2D eigenvalue weighted by atomic mass is 32.1. The summed E-state index contributed by atoms with van der Waals surface area (Å²) in [7, 11) is 3.27. The lowest BCUT2D eigenvalue weighted by Gasteiger charge is -2.09. The van der Waals surface area contributed by atoms with Gasteiger partial charge in [-0.25, -0.2) is 4.98 Å². The Balaban J connectivity index is 1.52. The van der Waals surface area contributed by atoms with Gasteiger partial charge in [-0.05, 0) is 44.5 Å². The fourth-order valence-corrected chi connectivity index (χ4v) is 4.19. The van der Waals surface area contributed by atoms with Crippen molar-refractivity contribution < 1.29 is 14.0 Å². The third-order valence-electron chi connectivity index (χ3n) is 4.95. The number of nitrogens with zero attached hydrogens (tertiary/aromatic N) is 3. The summed E-state index contributed by atoms with van der Waals surface area (Å²) in [4.78, 5) is 4.78. The molecule has 3 aromatic heterocycles. The Morgan fingerprint density at radius 1 is 1.07 bits per heavy atom. The van der Waals surface area contributed by atoms with Crippen molar-refractivity contribution in [3.8, 4) is 28.6 Å². The average Bonchev–Trinajstić information content (AvgIpc) is 3.45. The van der Waals surface area contributed by atoms with Crippen molar-refractivity contribution in [1.82, 2.24) is 14.7 Å². The van der Waals surface area contributed by atoms with Crippen molar-refractivity contribution in [3.63, 3.8) is 0 Å². The molecule has 0 aliphatic rings. The highest BCUT2D eigenvalue weighted by Crippen LogP contribution is 2.32. The zero-order valence-electron chi connectivity index (χ0n) is 17.6. The van der Waals surface area contributed by atoms with Crippen LogP contribution in [0.4, 0.5) is 5.13 Å². The normalized spacial score (nSPS) is 11.0. The molecule has 0 aliphatic carbocycles. The van der Waals surface area contributed by atoms with Gasteiger partial charge in [0.15, 0.2) is 22.4 Å². The smallest absolute Gasteiger partial charge is 0.183 e. The van der Waals surface area contributed by atoms with Gasteiger partial charge in [0.05, 0.1) is 19.9 Å². The minimum atomic E-state index is 0.643. The van der Waals surface area contributed by atoms with Crippen LogP contribution in [0.5, 0.6) is 11.5 Å². The minimum Gasteiger partial charge on any atom is -0.493 e. The maximum Gasteiger partial charge on any atom is 0.183 e. The molecule has 0 bridgehead atoms. The van der Waals surface area contributed by atoms with Gasteiger partial charge in [-0.3, -0.25) is 4.57 Å². The number of aryl methyl sites for hydroxylation is 2. The largest absolute Gasteiger partial charge is 0.493 e. The summed E-state index contributed by atoms with van der Waals surface area (Å²) in [5, 5.41) is 10.5. The SMILES string of the molecule is COc1ccc(CNc2nc(-c3cc(C)n(-c4cc(C)on4)c3C)cs2)cc1OC. The molecule has 0 unspecified atom stereocenters. The molecule has 1 N–H and O–H groups in total. The van der Waals surface area contributed by atoms with Gasteiger partial charge in [0.25, 0.3) is 0 Å². The second kappa shape index (κ2) is 8.23. The van der Waals surface area contributed by atoms with Crippen molar-refractivity contribution in [2.24, 2.45) is 0 Å². The zero-order valence-corrected chi connectivity index (χ0v) is 18.5. The first kappa shape index (κ1) is 20.0. The molecule has 8 heteroatoms. The summed E-state index contributed by atoms with van der Waals surface area (Å²) in [5.74, 6) is 3.01. The number of aromatic nitrogens is 3. The Hall–Kier alpha value is -3.26. The third kappa shape index (κ3) is 3.78. The predicted octanol–water partition coefficient (Wildman–Crippen LogP) is 5.14. The van der Waals surface area contributed by atoms with E-state index in [2.05, 4.69) is 40.3 Å². The first-order chi connectivity index (χ1) is 14.5. The molecule has 0 saturated heterocycles. The molecular weight excluding hydrogens is 400 g/mol. The molecule has 0 radical (unpaired) electrons. The topological polar surface area (TPSA) is 74.3 Å². The lowest BCUT2D eigenvalue weighted by molar-refractivity contribution is 0.354. The first-order valence-electron chi connectivity index (χ1n) is 9.53. The van der Waals surface area contributed by atoms with Gasteiger partial charge in [0, 0.05) is 34.9 Å². The molecule has 156 valence electrons. The Kier molecular flexibility index (Phi) is 5.50. The van der Waals surface area contributed by atoms with Crippen LogP contribution in [0.15, 0.2) is 40.2 Å². The van der Waals surface area contributed by atoms with Crippen LogP contribution < -0.4 is 14.8 Å². The number of ether oxygens (including phenoxy) is 2. The lowest BCUT2D eigenvalue weighted by atomic mass is 10.2. The molecule has 0 fully saturated rings. The van der Waals surface area contributed by atoms with Gasteiger partial charge in [0.2, 0.25) is 0 Å². The van der Waals surface area contributed by atoms with Crippen molar-refractivity contribution >= 4 is 16.5 Å². The maximum absolute atomic E-state index is 5.38. The van der Waals surface area contributed by atoms with Crippen molar-refractivity contribution in [2.75, 3.05) is 19.5 Å². The number of nitrogens with one attached hydrogen (secondary N) is 1. The molecule has 4 rings (SSSR count). The summed E-state index contributed by atoms with van der Waals surface area (Å²) in [5.41, 5.74) is 5.28. The van der Waals surface area contributed by atoms with Crippen LogP contribution >= 0.6 is 11.3 Å². The number of anilines is 1. The third-order valence-corrected chi connectivity index (χ3v) is 5.75. The van der Waals surface area contributed by atoms with Crippen LogP contribution in [0.1, 0.15) is 22.7 Å². The first-order valence-corrected chi connectivity index (χ1v) is 10.4. The van der Waals surface area contributed by atoms with Crippen molar-refractivity contribution in [1.29, 1.82) is 0 Å². The molecule has 1 aromatic carbocycles. The highest BCUT2D eigenvalue weighted by Gasteiger charge is 2.17. The predicted molar refractivity (Wildman–Crippen MR) is 118 cm³/mol. The van der Waals surface area contributed by atoms with Gasteiger partial charge in [-0.1, -0.05) is 11.2 Å². The van der Waals surface area contributed by atoms with Crippen molar-refractivity contribution in [3.05, 3.63) is 58.4 Å². The Morgan fingerprint density at radius 2 is 1.87 bits per heavy atom. The van der Waals surface area contributed by atoms with E-state index in [1.807, 2.05) is 31.2 Å². The maximum atomic E-state index is 5.38. The van der Waals surface area contributed by atoms with Gasteiger partial charge >= 0.3 is 0 Å². The summed E-state index contributed by atoms with van der Waals surface area (Å²) >= 11 is 1.58. The number of hydrogen-bond acceptors (Lipinski definition) is 7. The van der Waals surface area contributed by atoms with E-state index in [1.54, 1.807) is 25.6 Å². The van der Waals surface area contributed by atoms with E-state index < -0.39 is 0 Å². The van der Waals surface area contributed by atoms with Gasteiger partial charge in [-0.2, -0.15) is 0 Å². The monoisotopic (exact) mass is 424 g/mol. The molecule has 0 amide bonds. The van der Waals surface area contributed by atoms with Crippen LogP contribution in [0.2, 0.25) is 0 Å². The zero-order chi connectivity index (χ0) is 21.3. The Bertz CT molecular complexity index is 1180. The van der Waals surface area contributed by atoms with E-state index in [1.165, 1.54) is 0 Å². The molecule has 7 nitrogen and oxygen atoms in total. The molecule has 3 heterocycles. The second-order valence-electron chi connectivity index (χ2n) is 7.00. The molecule has 30 heavy (non-hydrogen) atoms. The van der Waals surface area contributed by atoms with Crippen LogP contribution in [-0.4, -0.2) is 28.9 Å². The Labute approximate surface area is 179 Å². The van der Waals surface area contributed by atoms with Crippen LogP contribution in [0.25, 0.3) is 17.1 Å². The number of rotatable bonds is 7. The van der Waals surface area contributed by atoms with E-state index in [0.29, 0.717) is 12.3 Å². The van der Waals surface area contributed by atoms with E-state index in [-0.39, 0.29) is 0 Å². The number of hydrogen-bond donors (Lipinski definition) is 1. The van der Waals surface area contributed by atoms with E-state index >= 15 is 0 Å². The molecule has 0 atom stereocenters. The fourth-order valence-electron chi connectivity index (χ4n) is 3.48. The van der Waals surface area contributed by atoms with Crippen molar-refractivity contribution in [2.45, 2.75) is 27.3 Å². The quantitative estimate of drug-likeness (QED) is 0.443. The standard InChI is InChI=1S/C22H24N4O3S/c1-13-8-17(15(3)26(13)21-9-14(2)29-25-21)18-12-30-22(24-18)23-11-16-6-7-19(27-4)20(10-16)28-5/h6-10,12H,11H2,1-5H3,(H,23,24). The average molecular weight is 425 g/mol.